The summed E-state index contributed by atoms with van der Waals surface area (Å²) in [7, 11) is 0. The molecule has 1 aliphatic rings. The number of alkyl halides is 1. The fourth-order valence-corrected chi connectivity index (χ4v) is 4.03. The second-order valence-electron chi connectivity index (χ2n) is 5.46. The molecule has 1 saturated carbocycles. The number of thioether (sulfide) groups is 1. The summed E-state index contributed by atoms with van der Waals surface area (Å²) in [6.45, 7) is 0.785. The Morgan fingerprint density at radius 1 is 1.25 bits per heavy atom. The zero-order valence-electron chi connectivity index (χ0n) is 12.0. The van der Waals surface area contributed by atoms with Crippen molar-refractivity contribution in [2.45, 2.75) is 42.2 Å². The number of amides is 1. The highest BCUT2D eigenvalue weighted by atomic mass is 79.9. The number of carbonyl (C=O) groups excluding carboxylic acids is 1. The van der Waals surface area contributed by atoms with Gasteiger partial charge in [0.25, 0.3) is 5.91 Å². The summed E-state index contributed by atoms with van der Waals surface area (Å²) < 4.78 is 0.254. The summed E-state index contributed by atoms with van der Waals surface area (Å²) in [5.41, 5.74) is 1.94. The van der Waals surface area contributed by atoms with Crippen LogP contribution < -0.4 is 5.32 Å². The van der Waals surface area contributed by atoms with E-state index < -0.39 is 0 Å². The highest BCUT2D eigenvalue weighted by molar-refractivity contribution is 9.08. The van der Waals surface area contributed by atoms with E-state index in [4.69, 9.17) is 0 Å². The Balaban J connectivity index is 1.93. The molecule has 2 nitrogen and oxygen atoms in total. The van der Waals surface area contributed by atoms with Gasteiger partial charge >= 0.3 is 0 Å². The van der Waals surface area contributed by atoms with Crippen LogP contribution in [0.2, 0.25) is 0 Å². The summed E-state index contributed by atoms with van der Waals surface area (Å²) in [6.07, 6.45) is 8.52. The predicted octanol–water partition coefficient (Wildman–Crippen LogP) is 4.38. The molecule has 110 valence electrons. The summed E-state index contributed by atoms with van der Waals surface area (Å²) in [4.78, 5) is 12.2. The number of hydrogen-bond acceptors (Lipinski definition) is 2. The number of rotatable bonds is 5. The Morgan fingerprint density at radius 2 is 1.90 bits per heavy atom. The standard InChI is InChI=1S/C16H22BrNOS/c1-20-16(9-3-2-4-10-16)12-18-15(19)14-7-5-13(11-17)6-8-14/h5-8H,2-4,9-12H2,1H3,(H,18,19). The quantitative estimate of drug-likeness (QED) is 0.794. The van der Waals surface area contributed by atoms with E-state index in [1.54, 1.807) is 0 Å². The van der Waals surface area contributed by atoms with E-state index in [-0.39, 0.29) is 10.7 Å². The largest absolute Gasteiger partial charge is 0.351 e. The van der Waals surface area contributed by atoms with E-state index in [0.717, 1.165) is 17.4 Å². The third kappa shape index (κ3) is 4.01. The van der Waals surface area contributed by atoms with Crippen molar-refractivity contribution in [2.24, 2.45) is 0 Å². The molecule has 0 aliphatic heterocycles. The zero-order chi connectivity index (χ0) is 14.4. The molecule has 0 radical (unpaired) electrons. The minimum Gasteiger partial charge on any atom is -0.351 e. The molecule has 0 saturated heterocycles. The van der Waals surface area contributed by atoms with Crippen LogP contribution in [0.25, 0.3) is 0 Å². The fourth-order valence-electron chi connectivity index (χ4n) is 2.74. The fraction of sp³-hybridized carbons (Fsp3) is 0.562. The topological polar surface area (TPSA) is 29.1 Å². The maximum atomic E-state index is 12.2. The molecule has 0 unspecified atom stereocenters. The molecule has 0 bridgehead atoms. The highest BCUT2D eigenvalue weighted by Crippen LogP contribution is 2.37. The molecule has 1 amide bonds. The maximum Gasteiger partial charge on any atom is 0.251 e. The van der Waals surface area contributed by atoms with Gasteiger partial charge in [-0.15, -0.1) is 0 Å². The lowest BCUT2D eigenvalue weighted by Gasteiger charge is -2.35. The van der Waals surface area contributed by atoms with Crippen LogP contribution in [0.3, 0.4) is 0 Å². The molecule has 4 heteroatoms. The number of benzene rings is 1. The summed E-state index contributed by atoms with van der Waals surface area (Å²) in [6, 6.07) is 7.79. The van der Waals surface area contributed by atoms with Crippen LogP contribution in [0.4, 0.5) is 0 Å². The first-order valence-electron chi connectivity index (χ1n) is 7.17. The van der Waals surface area contributed by atoms with Gasteiger partial charge in [-0.2, -0.15) is 11.8 Å². The molecule has 1 N–H and O–H groups in total. The van der Waals surface area contributed by atoms with E-state index in [1.807, 2.05) is 36.0 Å². The molecule has 1 aromatic carbocycles. The van der Waals surface area contributed by atoms with Crippen molar-refractivity contribution >= 4 is 33.6 Å². The molecular formula is C16H22BrNOS. The first-order valence-corrected chi connectivity index (χ1v) is 9.52. The molecule has 1 aliphatic carbocycles. The first-order chi connectivity index (χ1) is 9.69. The summed E-state index contributed by atoms with van der Waals surface area (Å²) >= 11 is 5.33. The summed E-state index contributed by atoms with van der Waals surface area (Å²) in [5.74, 6) is 0.0464. The van der Waals surface area contributed by atoms with Crippen LogP contribution in [0.5, 0.6) is 0 Å². The van der Waals surface area contributed by atoms with Crippen molar-refractivity contribution in [1.29, 1.82) is 0 Å². The zero-order valence-corrected chi connectivity index (χ0v) is 14.4. The van der Waals surface area contributed by atoms with Gasteiger partial charge in [-0.05, 0) is 36.8 Å². The average Bonchev–Trinajstić information content (AvgIpc) is 2.53. The van der Waals surface area contributed by atoms with E-state index >= 15 is 0 Å². The van der Waals surface area contributed by atoms with Gasteiger partial charge in [0.05, 0.1) is 0 Å². The molecule has 1 aromatic rings. The Kier molecular flexibility index (Phi) is 5.97. The second-order valence-corrected chi connectivity index (χ2v) is 7.30. The lowest BCUT2D eigenvalue weighted by Crippen LogP contribution is -2.41. The van der Waals surface area contributed by atoms with Crippen LogP contribution in [0.15, 0.2) is 24.3 Å². The van der Waals surface area contributed by atoms with E-state index in [1.165, 1.54) is 37.7 Å². The van der Waals surface area contributed by atoms with Gasteiger partial charge in [0, 0.05) is 22.2 Å². The smallest absolute Gasteiger partial charge is 0.251 e. The molecular weight excluding hydrogens is 334 g/mol. The third-order valence-corrected chi connectivity index (χ3v) is 6.21. The van der Waals surface area contributed by atoms with Crippen LogP contribution in [0.1, 0.15) is 48.0 Å². The van der Waals surface area contributed by atoms with Crippen molar-refractivity contribution < 1.29 is 4.79 Å². The van der Waals surface area contributed by atoms with Gasteiger partial charge in [0.1, 0.15) is 0 Å². The summed E-state index contributed by atoms with van der Waals surface area (Å²) in [5, 5.41) is 3.95. The van der Waals surface area contributed by atoms with Gasteiger partial charge in [0.2, 0.25) is 0 Å². The van der Waals surface area contributed by atoms with Crippen LogP contribution in [-0.2, 0) is 5.33 Å². The molecule has 0 aromatic heterocycles. The van der Waals surface area contributed by atoms with Gasteiger partial charge in [-0.3, -0.25) is 4.79 Å². The monoisotopic (exact) mass is 355 g/mol. The van der Waals surface area contributed by atoms with Crippen molar-refractivity contribution in [3.05, 3.63) is 35.4 Å². The normalized spacial score (nSPS) is 17.7. The molecule has 0 heterocycles. The minimum atomic E-state index is 0.0464. The molecule has 0 atom stereocenters. The predicted molar refractivity (Wildman–Crippen MR) is 90.7 cm³/mol. The van der Waals surface area contributed by atoms with E-state index in [9.17, 15) is 4.79 Å². The minimum absolute atomic E-state index is 0.0464. The van der Waals surface area contributed by atoms with E-state index in [2.05, 4.69) is 27.5 Å². The number of carbonyl (C=O) groups is 1. The van der Waals surface area contributed by atoms with Gasteiger partial charge in [-0.25, -0.2) is 0 Å². The lowest BCUT2D eigenvalue weighted by atomic mass is 9.88. The van der Waals surface area contributed by atoms with E-state index in [0.29, 0.717) is 0 Å². The second kappa shape index (κ2) is 7.51. The first kappa shape index (κ1) is 15.9. The van der Waals surface area contributed by atoms with Crippen molar-refractivity contribution in [3.8, 4) is 0 Å². The highest BCUT2D eigenvalue weighted by Gasteiger charge is 2.31. The van der Waals surface area contributed by atoms with Crippen molar-refractivity contribution in [1.82, 2.24) is 5.32 Å². The average molecular weight is 356 g/mol. The Labute approximate surface area is 134 Å². The molecule has 20 heavy (non-hydrogen) atoms. The number of hydrogen-bond donors (Lipinski definition) is 1. The van der Waals surface area contributed by atoms with Crippen LogP contribution >= 0.6 is 27.7 Å². The van der Waals surface area contributed by atoms with Crippen molar-refractivity contribution in [3.63, 3.8) is 0 Å². The molecule has 1 fully saturated rings. The Bertz CT molecular complexity index is 440. The molecule has 2 rings (SSSR count). The van der Waals surface area contributed by atoms with Gasteiger partial charge in [0.15, 0.2) is 0 Å². The lowest BCUT2D eigenvalue weighted by molar-refractivity contribution is 0.0947. The molecule has 0 spiro atoms. The van der Waals surface area contributed by atoms with Crippen LogP contribution in [-0.4, -0.2) is 23.5 Å². The third-order valence-electron chi connectivity index (χ3n) is 4.14. The number of halogens is 1. The Morgan fingerprint density at radius 3 is 2.45 bits per heavy atom. The van der Waals surface area contributed by atoms with Crippen molar-refractivity contribution in [2.75, 3.05) is 12.8 Å². The van der Waals surface area contributed by atoms with Gasteiger partial charge < -0.3 is 5.32 Å². The maximum absolute atomic E-state index is 12.2. The van der Waals surface area contributed by atoms with Gasteiger partial charge in [-0.1, -0.05) is 47.3 Å². The Hall–Kier alpha value is -0.480. The van der Waals surface area contributed by atoms with Crippen LogP contribution in [0, 0.1) is 0 Å². The SMILES string of the molecule is CSC1(CNC(=O)c2ccc(CBr)cc2)CCCCC1. The number of nitrogens with one attached hydrogen (secondary N) is 1.